The van der Waals surface area contributed by atoms with Gasteiger partial charge < -0.3 is 0 Å². The van der Waals surface area contributed by atoms with Crippen LogP contribution in [0.1, 0.15) is 10.4 Å². The van der Waals surface area contributed by atoms with Gasteiger partial charge in [-0.05, 0) is 12.1 Å². The molecule has 1 aromatic rings. The summed E-state index contributed by atoms with van der Waals surface area (Å²) < 4.78 is 35.5. The van der Waals surface area contributed by atoms with Crippen LogP contribution in [-0.4, -0.2) is 18.2 Å². The van der Waals surface area contributed by atoms with E-state index in [-0.39, 0.29) is 0 Å². The summed E-state index contributed by atoms with van der Waals surface area (Å²) in [5, 5.41) is 0. The number of aldehydes is 1. The van der Waals surface area contributed by atoms with Crippen molar-refractivity contribution < 1.29 is 18.0 Å². The fraction of sp³-hybridized carbons (Fsp3) is 0.222. The van der Waals surface area contributed by atoms with Crippen LogP contribution in [0.3, 0.4) is 0 Å². The molecule has 0 N–H and O–H groups in total. The van der Waals surface area contributed by atoms with Crippen molar-refractivity contribution in [3.05, 3.63) is 29.8 Å². The van der Waals surface area contributed by atoms with E-state index in [0.717, 1.165) is 0 Å². The second-order valence-electron chi connectivity index (χ2n) is 2.59. The molecule has 0 amide bonds. The Morgan fingerprint density at radius 1 is 1.36 bits per heavy atom. The van der Waals surface area contributed by atoms with Crippen LogP contribution in [-0.2, 0) is 0 Å². The van der Waals surface area contributed by atoms with Gasteiger partial charge in [0, 0.05) is 10.5 Å². The van der Waals surface area contributed by atoms with Crippen LogP contribution in [0.2, 0.25) is 0 Å². The molecule has 0 aliphatic carbocycles. The molecule has 0 saturated carbocycles. The van der Waals surface area contributed by atoms with Crippen LogP contribution < -0.4 is 0 Å². The molecular weight excluding hydrogens is 213 g/mol. The van der Waals surface area contributed by atoms with Gasteiger partial charge in [-0.1, -0.05) is 12.1 Å². The van der Waals surface area contributed by atoms with Crippen molar-refractivity contribution in [3.8, 4) is 0 Å². The summed E-state index contributed by atoms with van der Waals surface area (Å²) in [7, 11) is 0. The van der Waals surface area contributed by atoms with Crippen molar-refractivity contribution in [1.29, 1.82) is 0 Å². The first-order chi connectivity index (χ1) is 6.51. The van der Waals surface area contributed by atoms with Crippen molar-refractivity contribution in [2.24, 2.45) is 0 Å². The van der Waals surface area contributed by atoms with Gasteiger partial charge in [-0.25, -0.2) is 0 Å². The van der Waals surface area contributed by atoms with Crippen LogP contribution in [0, 0.1) is 0 Å². The van der Waals surface area contributed by atoms with Gasteiger partial charge in [0.05, 0.1) is 5.75 Å². The molecule has 1 aromatic carbocycles. The van der Waals surface area contributed by atoms with Gasteiger partial charge in [-0.3, -0.25) is 4.79 Å². The normalized spacial score (nSPS) is 11.4. The van der Waals surface area contributed by atoms with Crippen molar-refractivity contribution in [2.45, 2.75) is 11.1 Å². The van der Waals surface area contributed by atoms with E-state index in [1.165, 1.54) is 6.07 Å². The minimum absolute atomic E-state index is 0.386. The van der Waals surface area contributed by atoms with Crippen LogP contribution in [0.4, 0.5) is 13.2 Å². The average Bonchev–Trinajstić information content (AvgIpc) is 2.14. The zero-order valence-electron chi connectivity index (χ0n) is 7.04. The third kappa shape index (κ3) is 3.83. The molecule has 0 spiro atoms. The van der Waals surface area contributed by atoms with Gasteiger partial charge in [0.25, 0.3) is 0 Å². The Balaban J connectivity index is 2.63. The summed E-state index contributed by atoms with van der Waals surface area (Å²) in [6.07, 6.45) is -3.57. The van der Waals surface area contributed by atoms with E-state index in [1.807, 2.05) is 0 Å². The highest BCUT2D eigenvalue weighted by Gasteiger charge is 2.27. The number of benzene rings is 1. The van der Waals surface area contributed by atoms with Gasteiger partial charge >= 0.3 is 6.18 Å². The monoisotopic (exact) mass is 220 g/mol. The molecule has 0 fully saturated rings. The predicted octanol–water partition coefficient (Wildman–Crippen LogP) is 3.15. The van der Waals surface area contributed by atoms with Gasteiger partial charge in [0.2, 0.25) is 0 Å². The molecule has 0 aliphatic rings. The lowest BCUT2D eigenvalue weighted by Gasteiger charge is -2.05. The van der Waals surface area contributed by atoms with Crippen LogP contribution in [0.25, 0.3) is 0 Å². The van der Waals surface area contributed by atoms with Crippen molar-refractivity contribution in [3.63, 3.8) is 0 Å². The number of carbonyl (C=O) groups excluding carboxylic acids is 1. The Morgan fingerprint density at radius 2 is 2.07 bits per heavy atom. The Labute approximate surface area is 83.3 Å². The van der Waals surface area contributed by atoms with Crippen LogP contribution >= 0.6 is 11.8 Å². The number of rotatable bonds is 3. The van der Waals surface area contributed by atoms with Crippen molar-refractivity contribution in [1.82, 2.24) is 0 Å². The number of alkyl halides is 3. The lowest BCUT2D eigenvalue weighted by atomic mass is 10.2. The fourth-order valence-electron chi connectivity index (χ4n) is 0.843. The molecule has 0 unspecified atom stereocenters. The predicted molar refractivity (Wildman–Crippen MR) is 48.6 cm³/mol. The van der Waals surface area contributed by atoms with Crippen molar-refractivity contribution in [2.75, 3.05) is 5.75 Å². The zero-order chi connectivity index (χ0) is 10.6. The van der Waals surface area contributed by atoms with E-state index < -0.39 is 11.9 Å². The minimum atomic E-state index is -4.18. The molecule has 5 heteroatoms. The molecule has 0 aromatic heterocycles. The topological polar surface area (TPSA) is 17.1 Å². The number of hydrogen-bond acceptors (Lipinski definition) is 2. The maximum Gasteiger partial charge on any atom is 0.398 e. The third-order valence-electron chi connectivity index (χ3n) is 1.40. The van der Waals surface area contributed by atoms with E-state index in [0.29, 0.717) is 28.5 Å². The van der Waals surface area contributed by atoms with E-state index in [9.17, 15) is 18.0 Å². The Hall–Kier alpha value is -0.970. The smallest absolute Gasteiger partial charge is 0.298 e. The first kappa shape index (κ1) is 11.1. The first-order valence-electron chi connectivity index (χ1n) is 3.76. The molecule has 1 nitrogen and oxygen atoms in total. The van der Waals surface area contributed by atoms with Crippen molar-refractivity contribution >= 4 is 18.0 Å². The number of halogens is 3. The van der Waals surface area contributed by atoms with Gasteiger partial charge in [0.15, 0.2) is 0 Å². The number of thioether (sulfide) groups is 1. The van der Waals surface area contributed by atoms with E-state index >= 15 is 0 Å². The summed E-state index contributed by atoms with van der Waals surface area (Å²) in [5.74, 6) is -0.935. The average molecular weight is 220 g/mol. The molecular formula is C9H7F3OS. The molecule has 0 bridgehead atoms. The molecule has 1 rings (SSSR count). The van der Waals surface area contributed by atoms with Gasteiger partial charge in [-0.15, -0.1) is 11.8 Å². The maximum atomic E-state index is 11.8. The highest BCUT2D eigenvalue weighted by molar-refractivity contribution is 7.99. The molecule has 0 saturated heterocycles. The molecule has 76 valence electrons. The number of hydrogen-bond donors (Lipinski definition) is 0. The maximum absolute atomic E-state index is 11.8. The largest absolute Gasteiger partial charge is 0.398 e. The summed E-state index contributed by atoms with van der Waals surface area (Å²) in [5.41, 5.74) is 0.386. The standard InChI is InChI=1S/C9H7F3OS/c10-9(11,12)6-14-8-3-1-2-7(4-8)5-13/h1-5H,6H2. The Bertz CT molecular complexity index is 322. The van der Waals surface area contributed by atoms with Crippen LogP contribution in [0.15, 0.2) is 29.2 Å². The van der Waals surface area contributed by atoms with Crippen LogP contribution in [0.5, 0.6) is 0 Å². The second-order valence-corrected chi connectivity index (χ2v) is 3.64. The number of carbonyl (C=O) groups is 1. The summed E-state index contributed by atoms with van der Waals surface area (Å²) in [6, 6.07) is 6.08. The zero-order valence-corrected chi connectivity index (χ0v) is 7.86. The van der Waals surface area contributed by atoms with E-state index in [4.69, 9.17) is 0 Å². The third-order valence-corrected chi connectivity index (χ3v) is 2.46. The SMILES string of the molecule is O=Cc1cccc(SCC(F)(F)F)c1. The van der Waals surface area contributed by atoms with Gasteiger partial charge in [0.1, 0.15) is 6.29 Å². The van der Waals surface area contributed by atoms with E-state index in [2.05, 4.69) is 0 Å². The summed E-state index contributed by atoms with van der Waals surface area (Å²) >= 11 is 0.673. The van der Waals surface area contributed by atoms with Gasteiger partial charge in [-0.2, -0.15) is 13.2 Å². The Kier molecular flexibility index (Phi) is 3.57. The first-order valence-corrected chi connectivity index (χ1v) is 4.74. The lowest BCUT2D eigenvalue weighted by Crippen LogP contribution is -2.10. The molecule has 0 aliphatic heterocycles. The lowest BCUT2D eigenvalue weighted by molar-refractivity contribution is -0.105. The highest BCUT2D eigenvalue weighted by Crippen LogP contribution is 2.27. The Morgan fingerprint density at radius 3 is 2.64 bits per heavy atom. The molecule has 14 heavy (non-hydrogen) atoms. The second kappa shape index (κ2) is 4.50. The summed E-state index contributed by atoms with van der Waals surface area (Å²) in [4.78, 5) is 10.8. The highest BCUT2D eigenvalue weighted by atomic mass is 32.2. The fourth-order valence-corrected chi connectivity index (χ4v) is 1.57. The quantitative estimate of drug-likeness (QED) is 0.575. The molecule has 0 atom stereocenters. The molecule has 0 radical (unpaired) electrons. The minimum Gasteiger partial charge on any atom is -0.298 e. The summed E-state index contributed by atoms with van der Waals surface area (Å²) in [6.45, 7) is 0. The molecule has 0 heterocycles. The van der Waals surface area contributed by atoms with E-state index in [1.54, 1.807) is 18.2 Å².